The quantitative estimate of drug-likeness (QED) is 0.928. The minimum atomic E-state index is -0.325. The van der Waals surface area contributed by atoms with Gasteiger partial charge in [0.25, 0.3) is 0 Å². The Labute approximate surface area is 124 Å². The van der Waals surface area contributed by atoms with Crippen molar-refractivity contribution in [2.24, 2.45) is 0 Å². The maximum Gasteiger partial charge on any atom is 0.244 e. The molecule has 0 bridgehead atoms. The molecule has 1 saturated carbocycles. The molecule has 1 amide bonds. The SMILES string of the molecule is COCC(C)N1C(=O)C2(CCCC2)NC1c1ccsc1. The Morgan fingerprint density at radius 3 is 2.90 bits per heavy atom. The van der Waals surface area contributed by atoms with Crippen LogP contribution in [0.2, 0.25) is 0 Å². The largest absolute Gasteiger partial charge is 0.383 e. The van der Waals surface area contributed by atoms with Crippen molar-refractivity contribution in [3.8, 4) is 0 Å². The summed E-state index contributed by atoms with van der Waals surface area (Å²) in [6.07, 6.45) is 4.20. The number of carbonyl (C=O) groups excluding carboxylic acids is 1. The predicted octanol–water partition coefficient (Wildman–Crippen LogP) is 2.53. The van der Waals surface area contributed by atoms with Gasteiger partial charge in [-0.1, -0.05) is 12.8 Å². The molecule has 1 aromatic heterocycles. The second-order valence-corrected chi connectivity index (χ2v) is 6.69. The molecular weight excluding hydrogens is 272 g/mol. The highest BCUT2D eigenvalue weighted by Gasteiger charge is 2.53. The predicted molar refractivity (Wildman–Crippen MR) is 79.6 cm³/mol. The van der Waals surface area contributed by atoms with Gasteiger partial charge < -0.3 is 9.64 Å². The van der Waals surface area contributed by atoms with E-state index >= 15 is 0 Å². The van der Waals surface area contributed by atoms with E-state index < -0.39 is 0 Å². The van der Waals surface area contributed by atoms with E-state index in [1.807, 2.05) is 4.90 Å². The zero-order chi connectivity index (χ0) is 14.2. The average Bonchev–Trinajstić information content (AvgIpc) is 3.14. The highest BCUT2D eigenvalue weighted by molar-refractivity contribution is 7.07. The minimum Gasteiger partial charge on any atom is -0.383 e. The first-order chi connectivity index (χ1) is 9.68. The molecule has 1 aliphatic carbocycles. The van der Waals surface area contributed by atoms with E-state index in [-0.39, 0.29) is 23.7 Å². The number of nitrogens with one attached hydrogen (secondary N) is 1. The number of hydrogen-bond acceptors (Lipinski definition) is 4. The van der Waals surface area contributed by atoms with Crippen LogP contribution in [0.5, 0.6) is 0 Å². The van der Waals surface area contributed by atoms with Gasteiger partial charge in [-0.05, 0) is 42.2 Å². The summed E-state index contributed by atoms with van der Waals surface area (Å²) in [5.74, 6) is 0.260. The van der Waals surface area contributed by atoms with Crippen molar-refractivity contribution in [3.63, 3.8) is 0 Å². The van der Waals surface area contributed by atoms with E-state index in [1.54, 1.807) is 18.4 Å². The van der Waals surface area contributed by atoms with Crippen LogP contribution in [-0.2, 0) is 9.53 Å². The molecule has 4 nitrogen and oxygen atoms in total. The maximum absolute atomic E-state index is 13.0. The molecule has 2 fully saturated rings. The van der Waals surface area contributed by atoms with Crippen LogP contribution in [0.25, 0.3) is 0 Å². The zero-order valence-electron chi connectivity index (χ0n) is 12.1. The van der Waals surface area contributed by atoms with Crippen molar-refractivity contribution >= 4 is 17.2 Å². The number of methoxy groups -OCH3 is 1. The Morgan fingerprint density at radius 1 is 1.55 bits per heavy atom. The summed E-state index contributed by atoms with van der Waals surface area (Å²) in [5.41, 5.74) is 0.865. The highest BCUT2D eigenvalue weighted by Crippen LogP contribution is 2.42. The summed E-state index contributed by atoms with van der Waals surface area (Å²) in [4.78, 5) is 15.0. The van der Waals surface area contributed by atoms with E-state index in [1.165, 1.54) is 5.56 Å². The fourth-order valence-corrected chi connectivity index (χ4v) is 4.22. The molecular formula is C15H22N2O2S. The topological polar surface area (TPSA) is 41.6 Å². The molecule has 2 aliphatic rings. The molecule has 1 spiro atoms. The van der Waals surface area contributed by atoms with Crippen molar-refractivity contribution in [3.05, 3.63) is 22.4 Å². The Kier molecular flexibility index (Phi) is 3.84. The lowest BCUT2D eigenvalue weighted by Gasteiger charge is -2.29. The molecule has 1 N–H and O–H groups in total. The van der Waals surface area contributed by atoms with Gasteiger partial charge in [-0.2, -0.15) is 11.3 Å². The Balaban J connectivity index is 1.92. The normalized spacial score (nSPS) is 26.6. The molecule has 20 heavy (non-hydrogen) atoms. The Bertz CT molecular complexity index is 468. The molecule has 1 saturated heterocycles. The first kappa shape index (κ1) is 14.0. The number of thiophene rings is 1. The average molecular weight is 294 g/mol. The zero-order valence-corrected chi connectivity index (χ0v) is 12.9. The van der Waals surface area contributed by atoms with Gasteiger partial charge in [-0.3, -0.25) is 10.1 Å². The molecule has 2 atom stereocenters. The molecule has 1 aliphatic heterocycles. The van der Waals surface area contributed by atoms with Crippen LogP contribution < -0.4 is 5.32 Å². The maximum atomic E-state index is 13.0. The number of carbonyl (C=O) groups is 1. The molecule has 0 aromatic carbocycles. The monoisotopic (exact) mass is 294 g/mol. The second kappa shape index (κ2) is 5.47. The molecule has 110 valence electrons. The van der Waals surface area contributed by atoms with E-state index in [4.69, 9.17) is 4.74 Å². The van der Waals surface area contributed by atoms with Gasteiger partial charge in [-0.15, -0.1) is 0 Å². The minimum absolute atomic E-state index is 0.00278. The van der Waals surface area contributed by atoms with Crippen LogP contribution in [0.15, 0.2) is 16.8 Å². The fourth-order valence-electron chi connectivity index (χ4n) is 3.54. The molecule has 1 aromatic rings. The molecule has 2 unspecified atom stereocenters. The molecule has 2 heterocycles. The summed E-state index contributed by atoms with van der Waals surface area (Å²) in [6, 6.07) is 2.20. The van der Waals surface area contributed by atoms with Crippen LogP contribution in [0.1, 0.15) is 44.3 Å². The Hall–Kier alpha value is -0.910. The lowest BCUT2D eigenvalue weighted by Crippen LogP contribution is -2.45. The summed E-state index contributed by atoms with van der Waals surface area (Å²) in [5, 5.41) is 7.84. The van der Waals surface area contributed by atoms with Crippen molar-refractivity contribution in [1.82, 2.24) is 10.2 Å². The van der Waals surface area contributed by atoms with Gasteiger partial charge in [-0.25, -0.2) is 0 Å². The van der Waals surface area contributed by atoms with Gasteiger partial charge in [0.1, 0.15) is 6.17 Å². The van der Waals surface area contributed by atoms with E-state index in [9.17, 15) is 4.79 Å². The van der Waals surface area contributed by atoms with Gasteiger partial charge in [0.05, 0.1) is 18.2 Å². The number of amides is 1. The van der Waals surface area contributed by atoms with E-state index in [0.29, 0.717) is 6.61 Å². The standard InChI is InChI=1S/C15H22N2O2S/c1-11(9-19-2)17-13(12-5-8-20-10-12)16-15(14(17)18)6-3-4-7-15/h5,8,10-11,13,16H,3-4,6-7,9H2,1-2H3. The van der Waals surface area contributed by atoms with Gasteiger partial charge in [0.15, 0.2) is 0 Å². The van der Waals surface area contributed by atoms with E-state index in [0.717, 1.165) is 25.7 Å². The first-order valence-corrected chi connectivity index (χ1v) is 8.24. The smallest absolute Gasteiger partial charge is 0.244 e. The summed E-state index contributed by atoms with van der Waals surface area (Å²) in [7, 11) is 1.69. The molecule has 0 radical (unpaired) electrons. The second-order valence-electron chi connectivity index (χ2n) is 5.91. The van der Waals surface area contributed by atoms with E-state index in [2.05, 4.69) is 29.1 Å². The van der Waals surface area contributed by atoms with Gasteiger partial charge in [0, 0.05) is 7.11 Å². The molecule has 3 rings (SSSR count). The third-order valence-electron chi connectivity index (χ3n) is 4.53. The van der Waals surface area contributed by atoms with Gasteiger partial charge in [0.2, 0.25) is 5.91 Å². The van der Waals surface area contributed by atoms with Crippen molar-refractivity contribution in [2.75, 3.05) is 13.7 Å². The third-order valence-corrected chi connectivity index (χ3v) is 5.24. The number of hydrogen-bond donors (Lipinski definition) is 1. The van der Waals surface area contributed by atoms with Crippen molar-refractivity contribution in [1.29, 1.82) is 0 Å². The van der Waals surface area contributed by atoms with Gasteiger partial charge >= 0.3 is 0 Å². The van der Waals surface area contributed by atoms with Crippen LogP contribution in [0.4, 0.5) is 0 Å². The lowest BCUT2D eigenvalue weighted by molar-refractivity contribution is -0.136. The number of rotatable bonds is 4. The van der Waals surface area contributed by atoms with Crippen molar-refractivity contribution in [2.45, 2.75) is 50.4 Å². The van der Waals surface area contributed by atoms with Crippen LogP contribution in [0, 0.1) is 0 Å². The summed E-state index contributed by atoms with van der Waals surface area (Å²) < 4.78 is 5.26. The number of nitrogens with zero attached hydrogens (tertiary/aromatic N) is 1. The van der Waals surface area contributed by atoms with Crippen molar-refractivity contribution < 1.29 is 9.53 Å². The fraction of sp³-hybridized carbons (Fsp3) is 0.667. The summed E-state index contributed by atoms with van der Waals surface area (Å²) in [6.45, 7) is 2.64. The molecule has 5 heteroatoms. The number of ether oxygens (including phenoxy) is 1. The first-order valence-electron chi connectivity index (χ1n) is 7.29. The lowest BCUT2D eigenvalue weighted by atomic mass is 9.97. The summed E-state index contributed by atoms with van der Waals surface area (Å²) >= 11 is 1.68. The van der Waals surface area contributed by atoms with Crippen LogP contribution in [0.3, 0.4) is 0 Å². The van der Waals surface area contributed by atoms with Crippen LogP contribution in [-0.4, -0.2) is 36.1 Å². The third kappa shape index (κ3) is 2.18. The Morgan fingerprint density at radius 2 is 2.30 bits per heavy atom. The highest BCUT2D eigenvalue weighted by atomic mass is 32.1. The van der Waals surface area contributed by atoms with Crippen LogP contribution >= 0.6 is 11.3 Å².